The van der Waals surface area contributed by atoms with Crippen LogP contribution < -0.4 is 11.1 Å². The van der Waals surface area contributed by atoms with Crippen molar-refractivity contribution in [2.24, 2.45) is 0 Å². The zero-order valence-corrected chi connectivity index (χ0v) is 12.4. The lowest BCUT2D eigenvalue weighted by Gasteiger charge is -2.23. The Balaban J connectivity index is 1.65. The van der Waals surface area contributed by atoms with E-state index in [4.69, 9.17) is 5.73 Å². The lowest BCUT2D eigenvalue weighted by Crippen LogP contribution is -2.40. The topological polar surface area (TPSA) is 74.1 Å². The molecule has 1 unspecified atom stereocenters. The highest BCUT2D eigenvalue weighted by Gasteiger charge is 2.19. The molecule has 4 N–H and O–H groups in total. The molecule has 5 nitrogen and oxygen atoms in total. The summed E-state index contributed by atoms with van der Waals surface area (Å²) in [4.78, 5) is 17.8. The first-order valence-corrected chi connectivity index (χ1v) is 7.54. The van der Waals surface area contributed by atoms with Crippen LogP contribution in [0.15, 0.2) is 24.3 Å². The Morgan fingerprint density at radius 3 is 2.90 bits per heavy atom. The fourth-order valence-corrected chi connectivity index (χ4v) is 2.95. The van der Waals surface area contributed by atoms with Gasteiger partial charge in [0.1, 0.15) is 5.69 Å². The SMILES string of the molecule is CC(CNC(=O)c1cc2cccc(N)c2[nH]1)N1CCCC1. The lowest BCUT2D eigenvalue weighted by molar-refractivity contribution is 0.0936. The second-order valence-corrected chi connectivity index (χ2v) is 5.80. The summed E-state index contributed by atoms with van der Waals surface area (Å²) >= 11 is 0. The summed E-state index contributed by atoms with van der Waals surface area (Å²) in [7, 11) is 0. The van der Waals surface area contributed by atoms with Crippen LogP contribution in [0, 0.1) is 0 Å². The molecule has 2 heterocycles. The molecule has 0 bridgehead atoms. The minimum Gasteiger partial charge on any atom is -0.397 e. The van der Waals surface area contributed by atoms with E-state index in [0.717, 1.165) is 24.0 Å². The van der Waals surface area contributed by atoms with Crippen molar-refractivity contribution < 1.29 is 4.79 Å². The molecule has 21 heavy (non-hydrogen) atoms. The van der Waals surface area contributed by atoms with Crippen molar-refractivity contribution in [3.05, 3.63) is 30.0 Å². The zero-order chi connectivity index (χ0) is 14.8. The number of carbonyl (C=O) groups is 1. The highest BCUT2D eigenvalue weighted by atomic mass is 16.1. The third kappa shape index (κ3) is 2.88. The smallest absolute Gasteiger partial charge is 0.267 e. The Morgan fingerprint density at radius 2 is 2.19 bits per heavy atom. The minimum absolute atomic E-state index is 0.0725. The molecule has 112 valence electrons. The maximum absolute atomic E-state index is 12.2. The van der Waals surface area contributed by atoms with E-state index in [1.165, 1.54) is 12.8 Å². The number of nitrogens with two attached hydrogens (primary N) is 1. The van der Waals surface area contributed by atoms with Gasteiger partial charge in [-0.1, -0.05) is 12.1 Å². The summed E-state index contributed by atoms with van der Waals surface area (Å²) < 4.78 is 0. The van der Waals surface area contributed by atoms with Crippen molar-refractivity contribution >= 4 is 22.5 Å². The predicted octanol–water partition coefficient (Wildman–Crippen LogP) is 1.96. The number of amides is 1. The number of benzene rings is 1. The molecule has 1 aliphatic heterocycles. The monoisotopic (exact) mass is 286 g/mol. The first kappa shape index (κ1) is 13.9. The summed E-state index contributed by atoms with van der Waals surface area (Å²) in [6.45, 7) is 5.11. The average Bonchev–Trinajstić information content (AvgIpc) is 3.13. The molecule has 1 fully saturated rings. The van der Waals surface area contributed by atoms with Crippen molar-refractivity contribution in [1.82, 2.24) is 15.2 Å². The van der Waals surface area contributed by atoms with Gasteiger partial charge in [0.25, 0.3) is 5.91 Å². The summed E-state index contributed by atoms with van der Waals surface area (Å²) in [5.41, 5.74) is 7.96. The van der Waals surface area contributed by atoms with E-state index < -0.39 is 0 Å². The standard InChI is InChI=1S/C16H22N4O/c1-11(20-7-2-3-8-20)10-18-16(21)14-9-12-5-4-6-13(17)15(12)19-14/h4-6,9,11,19H,2-3,7-8,10,17H2,1H3,(H,18,21). The van der Waals surface area contributed by atoms with Crippen molar-refractivity contribution in [1.29, 1.82) is 0 Å². The van der Waals surface area contributed by atoms with Gasteiger partial charge in [0.15, 0.2) is 0 Å². The summed E-state index contributed by atoms with van der Waals surface area (Å²) in [6, 6.07) is 7.90. The number of rotatable bonds is 4. The highest BCUT2D eigenvalue weighted by molar-refractivity contribution is 6.00. The second-order valence-electron chi connectivity index (χ2n) is 5.80. The van der Waals surface area contributed by atoms with Gasteiger partial charge in [-0.3, -0.25) is 9.69 Å². The van der Waals surface area contributed by atoms with Gasteiger partial charge in [-0.25, -0.2) is 0 Å². The van der Waals surface area contributed by atoms with E-state index in [0.29, 0.717) is 24.0 Å². The first-order valence-electron chi connectivity index (χ1n) is 7.54. The molecule has 1 aromatic carbocycles. The number of para-hydroxylation sites is 1. The molecule has 2 aromatic rings. The molecule has 1 atom stereocenters. The summed E-state index contributed by atoms with van der Waals surface area (Å²) in [6.07, 6.45) is 2.53. The van der Waals surface area contributed by atoms with Gasteiger partial charge in [-0.2, -0.15) is 0 Å². The van der Waals surface area contributed by atoms with Gasteiger partial charge in [-0.15, -0.1) is 0 Å². The lowest BCUT2D eigenvalue weighted by atomic mass is 10.2. The number of nitrogen functional groups attached to an aromatic ring is 1. The van der Waals surface area contributed by atoms with E-state index in [1.807, 2.05) is 24.3 Å². The number of anilines is 1. The van der Waals surface area contributed by atoms with E-state index in [1.54, 1.807) is 0 Å². The van der Waals surface area contributed by atoms with Crippen LogP contribution in [0.3, 0.4) is 0 Å². The number of fused-ring (bicyclic) bond motifs is 1. The molecule has 0 radical (unpaired) electrons. The van der Waals surface area contributed by atoms with Gasteiger partial charge in [0.05, 0.1) is 11.2 Å². The van der Waals surface area contributed by atoms with Gasteiger partial charge < -0.3 is 16.0 Å². The van der Waals surface area contributed by atoms with Crippen LogP contribution >= 0.6 is 0 Å². The molecule has 1 amide bonds. The largest absolute Gasteiger partial charge is 0.397 e. The number of aromatic amines is 1. The number of nitrogens with zero attached hydrogens (tertiary/aromatic N) is 1. The van der Waals surface area contributed by atoms with E-state index in [2.05, 4.69) is 22.1 Å². The number of carbonyl (C=O) groups excluding carboxylic acids is 1. The van der Waals surface area contributed by atoms with Crippen LogP contribution in [0.4, 0.5) is 5.69 Å². The zero-order valence-electron chi connectivity index (χ0n) is 12.4. The molecule has 1 saturated heterocycles. The predicted molar refractivity (Wildman–Crippen MR) is 85.3 cm³/mol. The van der Waals surface area contributed by atoms with Crippen LogP contribution in [0.1, 0.15) is 30.3 Å². The first-order chi connectivity index (χ1) is 10.1. The van der Waals surface area contributed by atoms with Crippen LogP contribution in [0.25, 0.3) is 10.9 Å². The molecule has 5 heteroatoms. The Bertz CT molecular complexity index is 643. The quantitative estimate of drug-likeness (QED) is 0.752. The van der Waals surface area contributed by atoms with Crippen LogP contribution in [-0.2, 0) is 0 Å². The minimum atomic E-state index is -0.0725. The van der Waals surface area contributed by atoms with Crippen molar-refractivity contribution in [2.75, 3.05) is 25.4 Å². The van der Waals surface area contributed by atoms with Gasteiger partial charge in [-0.05, 0) is 45.0 Å². The number of hydrogen-bond acceptors (Lipinski definition) is 3. The maximum atomic E-state index is 12.2. The number of aromatic nitrogens is 1. The molecular weight excluding hydrogens is 264 g/mol. The van der Waals surface area contributed by atoms with Gasteiger partial charge >= 0.3 is 0 Å². The molecule has 0 aliphatic carbocycles. The summed E-state index contributed by atoms with van der Waals surface area (Å²) in [5.74, 6) is -0.0725. The Morgan fingerprint density at radius 1 is 1.43 bits per heavy atom. The molecule has 1 aromatic heterocycles. The Hall–Kier alpha value is -2.01. The van der Waals surface area contributed by atoms with Crippen LogP contribution in [0.2, 0.25) is 0 Å². The van der Waals surface area contributed by atoms with Crippen molar-refractivity contribution in [3.63, 3.8) is 0 Å². The molecule has 3 rings (SSSR count). The van der Waals surface area contributed by atoms with Crippen molar-refractivity contribution in [2.45, 2.75) is 25.8 Å². The maximum Gasteiger partial charge on any atom is 0.267 e. The summed E-state index contributed by atoms with van der Waals surface area (Å²) in [5, 5.41) is 3.97. The number of likely N-dealkylation sites (tertiary alicyclic amines) is 1. The average molecular weight is 286 g/mol. The van der Waals surface area contributed by atoms with Gasteiger partial charge in [0.2, 0.25) is 0 Å². The fraction of sp³-hybridized carbons (Fsp3) is 0.438. The highest BCUT2D eigenvalue weighted by Crippen LogP contribution is 2.21. The Kier molecular flexibility index (Phi) is 3.84. The van der Waals surface area contributed by atoms with E-state index in [9.17, 15) is 4.79 Å². The normalized spacial score (nSPS) is 17.2. The molecule has 0 spiro atoms. The Labute approximate surface area is 124 Å². The van der Waals surface area contributed by atoms with E-state index >= 15 is 0 Å². The third-order valence-electron chi connectivity index (χ3n) is 4.26. The van der Waals surface area contributed by atoms with E-state index in [-0.39, 0.29) is 5.91 Å². The fourth-order valence-electron chi connectivity index (χ4n) is 2.95. The van der Waals surface area contributed by atoms with Crippen molar-refractivity contribution in [3.8, 4) is 0 Å². The van der Waals surface area contributed by atoms with Gasteiger partial charge in [0, 0.05) is 18.0 Å². The number of nitrogens with one attached hydrogen (secondary N) is 2. The molecule has 1 aliphatic rings. The number of H-pyrrole nitrogens is 1. The molecule has 0 saturated carbocycles. The van der Waals surface area contributed by atoms with Crippen LogP contribution in [0.5, 0.6) is 0 Å². The number of hydrogen-bond donors (Lipinski definition) is 3. The third-order valence-corrected chi connectivity index (χ3v) is 4.26. The second kappa shape index (κ2) is 5.77. The molecular formula is C16H22N4O. The van der Waals surface area contributed by atoms with Crippen LogP contribution in [-0.4, -0.2) is 41.5 Å².